The number of hydrogen-bond acceptors (Lipinski definition) is 7. The average molecular weight is 488 g/mol. The van der Waals surface area contributed by atoms with Crippen LogP contribution in [0.2, 0.25) is 0 Å². The van der Waals surface area contributed by atoms with Gasteiger partial charge in [0.15, 0.2) is 0 Å². The standard InChI is InChI=1S/C19H29FN6O8/c20-8-3-4-12-10-26(25-24-12)11-15(27)21-9-2-1-5-13(17(30)31)22-19(34)23-14(18(32)33)6-7-16(28)29/h10,13-14H,1-9,11H2,(H,21,27)(H,28,29)(H,30,31)(H,32,33)(H2,22,23,34)/t13-,14?/m0/s1. The lowest BCUT2D eigenvalue weighted by Crippen LogP contribution is -2.51. The Morgan fingerprint density at radius 2 is 1.62 bits per heavy atom. The summed E-state index contributed by atoms with van der Waals surface area (Å²) in [5, 5.41) is 41.4. The normalized spacial score (nSPS) is 12.4. The van der Waals surface area contributed by atoms with Crippen LogP contribution in [-0.4, -0.2) is 85.5 Å². The molecule has 1 aromatic heterocycles. The van der Waals surface area contributed by atoms with E-state index in [1.807, 2.05) is 5.32 Å². The van der Waals surface area contributed by atoms with Crippen LogP contribution in [0.4, 0.5) is 9.18 Å². The SMILES string of the molecule is O=C(O)CCC(NC(=O)N[C@@H](CCCCNC(=O)Cn1cc(CCCF)nn1)C(=O)O)C(=O)O. The second-order valence-corrected chi connectivity index (χ2v) is 7.38. The summed E-state index contributed by atoms with van der Waals surface area (Å²) in [5.41, 5.74) is 0.582. The zero-order valence-corrected chi connectivity index (χ0v) is 18.4. The van der Waals surface area contributed by atoms with E-state index in [1.54, 1.807) is 6.20 Å². The number of alkyl halides is 1. The summed E-state index contributed by atoms with van der Waals surface area (Å²) in [5.74, 6) is -4.34. The fourth-order valence-electron chi connectivity index (χ4n) is 2.82. The smallest absolute Gasteiger partial charge is 0.326 e. The van der Waals surface area contributed by atoms with E-state index >= 15 is 0 Å². The second kappa shape index (κ2) is 15.1. The molecule has 1 aromatic rings. The van der Waals surface area contributed by atoms with Crippen molar-refractivity contribution in [3.63, 3.8) is 0 Å². The van der Waals surface area contributed by atoms with Gasteiger partial charge in [0, 0.05) is 19.2 Å². The topological polar surface area (TPSA) is 213 Å². The van der Waals surface area contributed by atoms with E-state index in [0.29, 0.717) is 31.4 Å². The van der Waals surface area contributed by atoms with Crippen LogP contribution < -0.4 is 16.0 Å². The average Bonchev–Trinajstić information content (AvgIpc) is 3.20. The Morgan fingerprint density at radius 3 is 2.21 bits per heavy atom. The molecule has 0 bridgehead atoms. The van der Waals surface area contributed by atoms with Crippen LogP contribution in [0.15, 0.2) is 6.20 Å². The molecule has 0 saturated carbocycles. The van der Waals surface area contributed by atoms with Crippen LogP contribution in [0.3, 0.4) is 0 Å². The van der Waals surface area contributed by atoms with Gasteiger partial charge in [-0.1, -0.05) is 5.21 Å². The molecule has 0 aliphatic rings. The van der Waals surface area contributed by atoms with E-state index in [9.17, 15) is 33.5 Å². The Morgan fingerprint density at radius 1 is 0.971 bits per heavy atom. The van der Waals surface area contributed by atoms with Gasteiger partial charge in [-0.05, 0) is 38.5 Å². The maximum absolute atomic E-state index is 12.2. The third-order valence-corrected chi connectivity index (χ3v) is 4.55. The Kier molecular flexibility index (Phi) is 12.6. The molecule has 34 heavy (non-hydrogen) atoms. The first-order valence-corrected chi connectivity index (χ1v) is 10.6. The van der Waals surface area contributed by atoms with Gasteiger partial charge >= 0.3 is 23.9 Å². The van der Waals surface area contributed by atoms with Crippen molar-refractivity contribution in [3.8, 4) is 0 Å². The van der Waals surface area contributed by atoms with Gasteiger partial charge in [0.1, 0.15) is 18.6 Å². The first-order valence-electron chi connectivity index (χ1n) is 10.6. The highest BCUT2D eigenvalue weighted by atomic mass is 19.1. The predicted octanol–water partition coefficient (Wildman–Crippen LogP) is -0.463. The molecule has 0 fully saturated rings. The number of urea groups is 1. The van der Waals surface area contributed by atoms with Gasteiger partial charge in [0.2, 0.25) is 5.91 Å². The highest BCUT2D eigenvalue weighted by molar-refractivity contribution is 5.86. The maximum Gasteiger partial charge on any atom is 0.326 e. The molecule has 3 amide bonds. The quantitative estimate of drug-likeness (QED) is 0.155. The molecule has 6 N–H and O–H groups in total. The van der Waals surface area contributed by atoms with Gasteiger partial charge in [-0.2, -0.15) is 0 Å². The van der Waals surface area contributed by atoms with E-state index < -0.39 is 49.1 Å². The summed E-state index contributed by atoms with van der Waals surface area (Å²) in [6, 6.07) is -3.83. The third-order valence-electron chi connectivity index (χ3n) is 4.55. The molecule has 14 nitrogen and oxygen atoms in total. The number of nitrogens with zero attached hydrogens (tertiary/aromatic N) is 3. The van der Waals surface area contributed by atoms with Crippen LogP contribution in [0.25, 0.3) is 0 Å². The summed E-state index contributed by atoms with van der Waals surface area (Å²) in [4.78, 5) is 56.9. The first kappa shape index (κ1) is 28.3. The number of hydrogen-bond donors (Lipinski definition) is 6. The molecule has 0 saturated heterocycles. The minimum atomic E-state index is -1.48. The van der Waals surface area contributed by atoms with Crippen LogP contribution in [0.1, 0.15) is 44.2 Å². The number of carboxylic acids is 3. The number of carbonyl (C=O) groups excluding carboxylic acids is 2. The van der Waals surface area contributed by atoms with Crippen molar-refractivity contribution in [1.82, 2.24) is 30.9 Å². The highest BCUT2D eigenvalue weighted by Gasteiger charge is 2.24. The molecule has 1 unspecified atom stereocenters. The highest BCUT2D eigenvalue weighted by Crippen LogP contribution is 2.03. The minimum absolute atomic E-state index is 0.0203. The van der Waals surface area contributed by atoms with Gasteiger partial charge in [-0.25, -0.2) is 19.1 Å². The van der Waals surface area contributed by atoms with Crippen molar-refractivity contribution < 1.29 is 43.7 Å². The molecule has 0 radical (unpaired) electrons. The lowest BCUT2D eigenvalue weighted by atomic mass is 10.1. The number of aryl methyl sites for hydroxylation is 1. The van der Waals surface area contributed by atoms with Crippen molar-refractivity contribution in [3.05, 3.63) is 11.9 Å². The summed E-state index contributed by atoms with van der Waals surface area (Å²) < 4.78 is 13.5. The fraction of sp³-hybridized carbons (Fsp3) is 0.632. The van der Waals surface area contributed by atoms with Gasteiger partial charge < -0.3 is 31.3 Å². The number of carboxylic acid groups (broad SMARTS) is 3. The van der Waals surface area contributed by atoms with Crippen molar-refractivity contribution in [2.24, 2.45) is 0 Å². The summed E-state index contributed by atoms with van der Waals surface area (Å²) in [7, 11) is 0. The van der Waals surface area contributed by atoms with E-state index in [4.69, 9.17) is 10.2 Å². The lowest BCUT2D eigenvalue weighted by molar-refractivity contribution is -0.140. The Balaban J connectivity index is 2.34. The maximum atomic E-state index is 12.2. The third kappa shape index (κ3) is 11.7. The van der Waals surface area contributed by atoms with Crippen molar-refractivity contribution in [1.29, 1.82) is 0 Å². The molecule has 0 aliphatic heterocycles. The van der Waals surface area contributed by atoms with Gasteiger partial charge in [-0.3, -0.25) is 14.0 Å². The summed E-state index contributed by atoms with van der Waals surface area (Å²) in [6.45, 7) is -0.294. The van der Waals surface area contributed by atoms with Crippen LogP contribution >= 0.6 is 0 Å². The second-order valence-electron chi connectivity index (χ2n) is 7.38. The van der Waals surface area contributed by atoms with Crippen LogP contribution in [-0.2, 0) is 32.1 Å². The molecule has 2 atom stereocenters. The molecule has 0 aromatic carbocycles. The van der Waals surface area contributed by atoms with Gasteiger partial charge in [-0.15, -0.1) is 5.10 Å². The molecule has 1 rings (SSSR count). The molecule has 0 spiro atoms. The fourth-order valence-corrected chi connectivity index (χ4v) is 2.82. The first-order chi connectivity index (χ1) is 16.1. The number of carbonyl (C=O) groups is 5. The Hall–Kier alpha value is -3.78. The zero-order chi connectivity index (χ0) is 25.5. The van der Waals surface area contributed by atoms with Crippen molar-refractivity contribution in [2.75, 3.05) is 13.2 Å². The van der Waals surface area contributed by atoms with Gasteiger partial charge in [0.05, 0.1) is 12.4 Å². The number of halogens is 1. The van der Waals surface area contributed by atoms with E-state index in [-0.39, 0.29) is 31.8 Å². The number of aromatic nitrogens is 3. The number of rotatable bonds is 17. The number of nitrogens with one attached hydrogen (secondary N) is 3. The van der Waals surface area contributed by atoms with Crippen LogP contribution in [0, 0.1) is 0 Å². The molecular weight excluding hydrogens is 459 g/mol. The molecule has 0 aliphatic carbocycles. The summed E-state index contributed by atoms with van der Waals surface area (Å²) in [6.07, 6.45) is 2.22. The Bertz CT molecular complexity index is 849. The van der Waals surface area contributed by atoms with Gasteiger partial charge in [0.25, 0.3) is 0 Å². The molecule has 15 heteroatoms. The Labute approximate surface area is 193 Å². The molecular formula is C19H29FN6O8. The largest absolute Gasteiger partial charge is 0.481 e. The van der Waals surface area contributed by atoms with Crippen molar-refractivity contribution >= 4 is 29.8 Å². The number of unbranched alkanes of at least 4 members (excludes halogenated alkanes) is 1. The number of aliphatic carboxylic acids is 3. The lowest BCUT2D eigenvalue weighted by Gasteiger charge is -2.18. The van der Waals surface area contributed by atoms with E-state index in [0.717, 1.165) is 0 Å². The van der Waals surface area contributed by atoms with Crippen molar-refractivity contribution in [2.45, 2.75) is 63.6 Å². The molecule has 190 valence electrons. The zero-order valence-electron chi connectivity index (χ0n) is 18.4. The number of amides is 3. The minimum Gasteiger partial charge on any atom is -0.481 e. The van der Waals surface area contributed by atoms with Crippen LogP contribution in [0.5, 0.6) is 0 Å². The summed E-state index contributed by atoms with van der Waals surface area (Å²) >= 11 is 0. The van der Waals surface area contributed by atoms with E-state index in [2.05, 4.69) is 20.9 Å². The molecule has 1 heterocycles. The predicted molar refractivity (Wildman–Crippen MR) is 113 cm³/mol. The monoisotopic (exact) mass is 488 g/mol. The van der Waals surface area contributed by atoms with E-state index in [1.165, 1.54) is 4.68 Å².